The van der Waals surface area contributed by atoms with Gasteiger partial charge in [0.05, 0.1) is 23.8 Å². The van der Waals surface area contributed by atoms with E-state index in [1.165, 1.54) is 0 Å². The highest BCUT2D eigenvalue weighted by Gasteiger charge is 2.28. The number of methoxy groups -OCH3 is 1. The van der Waals surface area contributed by atoms with E-state index in [0.717, 1.165) is 30.4 Å². The van der Waals surface area contributed by atoms with E-state index in [-0.39, 0.29) is 12.1 Å². The number of anilines is 1. The molecule has 2 amide bonds. The molecule has 8 heteroatoms. The lowest BCUT2D eigenvalue weighted by Gasteiger charge is -2.38. The zero-order valence-corrected chi connectivity index (χ0v) is 15.0. The van der Waals surface area contributed by atoms with E-state index >= 15 is 0 Å². The van der Waals surface area contributed by atoms with Crippen LogP contribution >= 0.6 is 15.9 Å². The van der Waals surface area contributed by atoms with Crippen LogP contribution in [-0.4, -0.2) is 73.2 Å². The number of halogens is 1. The maximum absolute atomic E-state index is 12.1. The lowest BCUT2D eigenvalue weighted by atomic mass is 10.1. The first-order valence-corrected chi connectivity index (χ1v) is 7.99. The summed E-state index contributed by atoms with van der Waals surface area (Å²) in [5.74, 6) is 1.15. The summed E-state index contributed by atoms with van der Waals surface area (Å²) < 4.78 is 5.95. The molecule has 0 saturated carbocycles. The summed E-state index contributed by atoms with van der Waals surface area (Å²) in [6.07, 6.45) is 3.68. The molecule has 122 valence electrons. The highest BCUT2D eigenvalue weighted by Crippen LogP contribution is 2.25. The van der Waals surface area contributed by atoms with E-state index in [2.05, 4.69) is 30.8 Å². The van der Waals surface area contributed by atoms with Gasteiger partial charge < -0.3 is 19.4 Å². The fourth-order valence-electron chi connectivity index (χ4n) is 2.56. The number of hydrogen-bond acceptors (Lipinski definition) is 5. The molecule has 1 aromatic rings. The van der Waals surface area contributed by atoms with Crippen LogP contribution in [0.3, 0.4) is 0 Å². The van der Waals surface area contributed by atoms with Crippen LogP contribution in [0, 0.1) is 0 Å². The van der Waals surface area contributed by atoms with Crippen LogP contribution in [0.15, 0.2) is 10.7 Å². The highest BCUT2D eigenvalue weighted by molar-refractivity contribution is 9.10. The third kappa shape index (κ3) is 3.60. The van der Waals surface area contributed by atoms with Gasteiger partial charge in [-0.1, -0.05) is 0 Å². The van der Waals surface area contributed by atoms with Gasteiger partial charge in [0.1, 0.15) is 0 Å². The number of aromatic nitrogens is 2. The average molecular weight is 372 g/mol. The summed E-state index contributed by atoms with van der Waals surface area (Å²) in [7, 11) is 6.96. The Labute approximate surface area is 139 Å². The molecule has 0 N–H and O–H groups in total. The van der Waals surface area contributed by atoms with Crippen LogP contribution in [0.4, 0.5) is 10.7 Å². The topological polar surface area (TPSA) is 61.8 Å². The van der Waals surface area contributed by atoms with Gasteiger partial charge in [0.15, 0.2) is 0 Å². The number of amides is 2. The second-order valence-electron chi connectivity index (χ2n) is 5.56. The fourth-order valence-corrected chi connectivity index (χ4v) is 2.92. The standard InChI is InChI=1S/C14H22BrN5O2/c1-18(2)14(21)19(3)10-6-5-7-20(9-10)13-16-8-11(15)12(17-13)22-4/h8,10H,5-7,9H2,1-4H3. The van der Waals surface area contributed by atoms with Crippen LogP contribution in [0.25, 0.3) is 0 Å². The van der Waals surface area contributed by atoms with Crippen molar-refractivity contribution < 1.29 is 9.53 Å². The second-order valence-corrected chi connectivity index (χ2v) is 6.41. The minimum atomic E-state index is 0.0150. The summed E-state index contributed by atoms with van der Waals surface area (Å²) in [5, 5.41) is 0. The third-order valence-corrected chi connectivity index (χ3v) is 4.35. The molecule has 0 radical (unpaired) electrons. The Morgan fingerprint density at radius 2 is 2.18 bits per heavy atom. The Kier molecular flexibility index (Phi) is 5.44. The minimum Gasteiger partial charge on any atom is -0.480 e. The first-order valence-electron chi connectivity index (χ1n) is 7.19. The Balaban J connectivity index is 2.12. The molecule has 22 heavy (non-hydrogen) atoms. The van der Waals surface area contributed by atoms with E-state index in [9.17, 15) is 4.79 Å². The number of ether oxygens (including phenoxy) is 1. The van der Waals surface area contributed by atoms with Crippen molar-refractivity contribution in [3.05, 3.63) is 10.7 Å². The van der Waals surface area contributed by atoms with Crippen molar-refractivity contribution in [3.8, 4) is 5.88 Å². The van der Waals surface area contributed by atoms with Crippen LogP contribution in [-0.2, 0) is 0 Å². The predicted octanol–water partition coefficient (Wildman–Crippen LogP) is 1.83. The molecule has 0 spiro atoms. The Hall–Kier alpha value is -1.57. The van der Waals surface area contributed by atoms with Gasteiger partial charge in [-0.05, 0) is 28.8 Å². The number of rotatable bonds is 3. The van der Waals surface area contributed by atoms with Gasteiger partial charge in [-0.15, -0.1) is 0 Å². The number of carbonyl (C=O) groups excluding carboxylic acids is 1. The van der Waals surface area contributed by atoms with E-state index < -0.39 is 0 Å². The summed E-state index contributed by atoms with van der Waals surface area (Å²) in [6.45, 7) is 1.60. The van der Waals surface area contributed by atoms with Crippen LogP contribution in [0.2, 0.25) is 0 Å². The third-order valence-electron chi connectivity index (χ3n) is 3.80. The van der Waals surface area contributed by atoms with Crippen molar-refractivity contribution >= 4 is 27.9 Å². The van der Waals surface area contributed by atoms with Crippen molar-refractivity contribution in [3.63, 3.8) is 0 Å². The summed E-state index contributed by atoms with van der Waals surface area (Å²) in [6, 6.07) is 0.169. The van der Waals surface area contributed by atoms with E-state index in [4.69, 9.17) is 4.74 Å². The maximum Gasteiger partial charge on any atom is 0.319 e. The van der Waals surface area contributed by atoms with Gasteiger partial charge in [0, 0.05) is 34.2 Å². The summed E-state index contributed by atoms with van der Waals surface area (Å²) >= 11 is 3.36. The lowest BCUT2D eigenvalue weighted by molar-refractivity contribution is 0.157. The number of carbonyl (C=O) groups is 1. The molecule has 1 aliphatic rings. The molecule has 7 nitrogen and oxygen atoms in total. The maximum atomic E-state index is 12.1. The van der Waals surface area contributed by atoms with E-state index in [1.54, 1.807) is 37.2 Å². The molecule has 1 aromatic heterocycles. The molecule has 0 aromatic carbocycles. The second kappa shape index (κ2) is 7.13. The van der Waals surface area contributed by atoms with Crippen molar-refractivity contribution in [1.82, 2.24) is 19.8 Å². The molecule has 1 aliphatic heterocycles. The molecule has 0 bridgehead atoms. The Morgan fingerprint density at radius 3 is 2.82 bits per heavy atom. The quantitative estimate of drug-likeness (QED) is 0.810. The van der Waals surface area contributed by atoms with Gasteiger partial charge in [-0.2, -0.15) is 4.98 Å². The lowest BCUT2D eigenvalue weighted by Crippen LogP contribution is -2.51. The number of likely N-dealkylation sites (N-methyl/N-ethyl adjacent to an activating group) is 1. The largest absolute Gasteiger partial charge is 0.480 e. The zero-order chi connectivity index (χ0) is 16.3. The van der Waals surface area contributed by atoms with Gasteiger partial charge >= 0.3 is 6.03 Å². The van der Waals surface area contributed by atoms with Crippen molar-refractivity contribution in [2.75, 3.05) is 46.2 Å². The van der Waals surface area contributed by atoms with Crippen LogP contribution < -0.4 is 9.64 Å². The smallest absolute Gasteiger partial charge is 0.319 e. The van der Waals surface area contributed by atoms with E-state index in [1.807, 2.05) is 7.05 Å². The van der Waals surface area contributed by atoms with Gasteiger partial charge in [-0.25, -0.2) is 9.78 Å². The number of urea groups is 1. The SMILES string of the molecule is COc1nc(N2CCCC(N(C)C(=O)N(C)C)C2)ncc1Br. The summed E-state index contributed by atoms with van der Waals surface area (Å²) in [5.41, 5.74) is 0. The van der Waals surface area contributed by atoms with Gasteiger partial charge in [0.25, 0.3) is 0 Å². The first kappa shape index (κ1) is 16.8. The Morgan fingerprint density at radius 1 is 1.45 bits per heavy atom. The minimum absolute atomic E-state index is 0.0150. The fraction of sp³-hybridized carbons (Fsp3) is 0.643. The predicted molar refractivity (Wildman–Crippen MR) is 88.4 cm³/mol. The van der Waals surface area contributed by atoms with Crippen LogP contribution in [0.1, 0.15) is 12.8 Å². The number of nitrogens with zero attached hydrogens (tertiary/aromatic N) is 5. The number of piperidine rings is 1. The van der Waals surface area contributed by atoms with Crippen molar-refractivity contribution in [2.24, 2.45) is 0 Å². The molecular weight excluding hydrogens is 350 g/mol. The Bertz CT molecular complexity index is 540. The molecule has 1 atom stereocenters. The summed E-state index contributed by atoms with van der Waals surface area (Å²) in [4.78, 5) is 26.4. The highest BCUT2D eigenvalue weighted by atomic mass is 79.9. The van der Waals surface area contributed by atoms with Crippen LogP contribution in [0.5, 0.6) is 5.88 Å². The van der Waals surface area contributed by atoms with Gasteiger partial charge in [0.2, 0.25) is 11.8 Å². The average Bonchev–Trinajstić information content (AvgIpc) is 2.53. The van der Waals surface area contributed by atoms with E-state index in [0.29, 0.717) is 11.8 Å². The zero-order valence-electron chi connectivity index (χ0n) is 13.4. The molecule has 1 fully saturated rings. The van der Waals surface area contributed by atoms with Crippen molar-refractivity contribution in [2.45, 2.75) is 18.9 Å². The number of hydrogen-bond donors (Lipinski definition) is 0. The molecule has 0 aliphatic carbocycles. The molecule has 1 saturated heterocycles. The molecule has 2 heterocycles. The monoisotopic (exact) mass is 371 g/mol. The molecule has 1 unspecified atom stereocenters. The molecule has 2 rings (SSSR count). The first-order chi connectivity index (χ1) is 10.4. The molecular formula is C14H22BrN5O2. The normalized spacial score (nSPS) is 18.0. The van der Waals surface area contributed by atoms with Crippen molar-refractivity contribution in [1.29, 1.82) is 0 Å². The van der Waals surface area contributed by atoms with Gasteiger partial charge in [-0.3, -0.25) is 0 Å².